The highest BCUT2D eigenvalue weighted by Crippen LogP contribution is 2.63. The number of aldehydes is 1. The molecule has 4 heteroatoms. The molecule has 0 aromatic heterocycles. The summed E-state index contributed by atoms with van der Waals surface area (Å²) in [6.07, 6.45) is 5.60. The first-order chi connectivity index (χ1) is 14.6. The van der Waals surface area contributed by atoms with Gasteiger partial charge in [-0.25, -0.2) is 0 Å². The molecular weight excluding hydrogens is 436 g/mol. The number of carbonyl (C=O) groups excluding carboxylic acids is 1. The van der Waals surface area contributed by atoms with Crippen molar-refractivity contribution >= 4 is 27.9 Å². The minimum atomic E-state index is -0.0437. The van der Waals surface area contributed by atoms with E-state index in [4.69, 9.17) is 0 Å². The predicted molar refractivity (Wildman–Crippen MR) is 123 cm³/mol. The number of benzene rings is 2. The first-order valence-corrected chi connectivity index (χ1v) is 11.7. The van der Waals surface area contributed by atoms with Crippen LogP contribution in [0.5, 0.6) is 0 Å². The molecule has 3 aliphatic heterocycles. The van der Waals surface area contributed by atoms with E-state index < -0.39 is 0 Å². The van der Waals surface area contributed by atoms with Crippen LogP contribution in [-0.2, 0) is 16.8 Å². The van der Waals surface area contributed by atoms with Crippen LogP contribution in [0.4, 0.5) is 5.69 Å². The van der Waals surface area contributed by atoms with Gasteiger partial charge in [0.15, 0.2) is 0 Å². The monoisotopic (exact) mass is 461 g/mol. The summed E-state index contributed by atoms with van der Waals surface area (Å²) in [5, 5.41) is 3.72. The molecule has 2 saturated heterocycles. The fourth-order valence-electron chi connectivity index (χ4n) is 7.08. The van der Waals surface area contributed by atoms with Crippen molar-refractivity contribution < 1.29 is 9.28 Å². The number of hydrogen-bond donors (Lipinski definition) is 1. The lowest BCUT2D eigenvalue weighted by atomic mass is 9.61. The Hall–Kier alpha value is -2.17. The number of allylic oxidation sites excluding steroid dienone is 2. The number of quaternary nitrogens is 1. The number of rotatable bonds is 3. The zero-order valence-corrected chi connectivity index (χ0v) is 18.8. The van der Waals surface area contributed by atoms with Crippen molar-refractivity contribution in [2.45, 2.75) is 37.8 Å². The molecule has 6 rings (SSSR count). The number of nitrogens with zero attached hydrogens (tertiary/aromatic N) is 1. The van der Waals surface area contributed by atoms with Gasteiger partial charge in [0.25, 0.3) is 0 Å². The topological polar surface area (TPSA) is 29.1 Å². The highest BCUT2D eigenvalue weighted by Gasteiger charge is 2.68. The van der Waals surface area contributed by atoms with Crippen LogP contribution in [0.1, 0.15) is 30.9 Å². The quantitative estimate of drug-likeness (QED) is 0.379. The molecule has 0 saturated carbocycles. The van der Waals surface area contributed by atoms with Crippen molar-refractivity contribution in [2.24, 2.45) is 5.92 Å². The number of hydrogen-bond acceptors (Lipinski definition) is 2. The molecule has 2 bridgehead atoms. The van der Waals surface area contributed by atoms with E-state index in [0.29, 0.717) is 6.04 Å². The van der Waals surface area contributed by atoms with E-state index >= 15 is 0 Å². The molecule has 1 spiro atoms. The molecule has 4 atom stereocenters. The fourth-order valence-corrected chi connectivity index (χ4v) is 7.35. The standard InChI is InChI=1S/C26H25BrN2O/c1-2-18-15-29(14-17-7-9-19(27)10-8-17)12-11-26-22-5-3-4-6-23(22)28-25(26)21(16-30)20(18)13-24(26)29/h2-10,16,20,24H,11-15H2,1H3/p+1/b18-2-/t20-,24-,26+,29+/m0/s1. The average Bonchev–Trinajstić information content (AvgIpc) is 3.29. The average molecular weight is 462 g/mol. The zero-order valence-electron chi connectivity index (χ0n) is 17.2. The van der Waals surface area contributed by atoms with Crippen LogP contribution in [0.3, 0.4) is 0 Å². The van der Waals surface area contributed by atoms with Gasteiger partial charge in [0.2, 0.25) is 0 Å². The molecule has 30 heavy (non-hydrogen) atoms. The molecule has 4 aliphatic rings. The Morgan fingerprint density at radius 2 is 2.00 bits per heavy atom. The second-order valence-electron chi connectivity index (χ2n) is 9.39. The summed E-state index contributed by atoms with van der Waals surface area (Å²) >= 11 is 3.58. The maximum Gasteiger partial charge on any atom is 0.148 e. The molecule has 2 fully saturated rings. The van der Waals surface area contributed by atoms with Crippen molar-refractivity contribution in [3.8, 4) is 0 Å². The number of anilines is 1. The van der Waals surface area contributed by atoms with Gasteiger partial charge in [-0.3, -0.25) is 4.79 Å². The highest BCUT2D eigenvalue weighted by molar-refractivity contribution is 9.10. The van der Waals surface area contributed by atoms with Crippen molar-refractivity contribution in [1.29, 1.82) is 0 Å². The summed E-state index contributed by atoms with van der Waals surface area (Å²) in [6.45, 7) is 5.40. The maximum absolute atomic E-state index is 12.4. The minimum absolute atomic E-state index is 0.0437. The van der Waals surface area contributed by atoms with Gasteiger partial charge in [0.05, 0.1) is 12.0 Å². The summed E-state index contributed by atoms with van der Waals surface area (Å²) in [7, 11) is 0. The Balaban J connectivity index is 1.56. The zero-order chi connectivity index (χ0) is 20.5. The number of para-hydroxylation sites is 1. The first-order valence-electron chi connectivity index (χ1n) is 10.9. The number of piperidine rings is 1. The van der Waals surface area contributed by atoms with Crippen LogP contribution in [0.2, 0.25) is 0 Å². The Morgan fingerprint density at radius 1 is 1.20 bits per heavy atom. The second-order valence-corrected chi connectivity index (χ2v) is 10.3. The smallest absolute Gasteiger partial charge is 0.148 e. The third-order valence-corrected chi connectivity index (χ3v) is 8.80. The fraction of sp³-hybridized carbons (Fsp3) is 0.346. The van der Waals surface area contributed by atoms with E-state index in [1.54, 1.807) is 0 Å². The van der Waals surface area contributed by atoms with Gasteiger partial charge in [-0.1, -0.05) is 52.3 Å². The molecule has 3 heterocycles. The molecule has 0 radical (unpaired) electrons. The van der Waals surface area contributed by atoms with Crippen LogP contribution in [0.15, 0.2) is 75.9 Å². The number of nitrogens with one attached hydrogen (secondary N) is 1. The molecule has 2 aromatic carbocycles. The van der Waals surface area contributed by atoms with E-state index in [-0.39, 0.29) is 11.3 Å². The van der Waals surface area contributed by atoms with Crippen LogP contribution in [-0.4, -0.2) is 29.9 Å². The third kappa shape index (κ3) is 2.27. The lowest BCUT2D eigenvalue weighted by Crippen LogP contribution is -2.62. The third-order valence-electron chi connectivity index (χ3n) is 8.27. The Kier molecular flexibility index (Phi) is 3.97. The molecule has 0 amide bonds. The second kappa shape index (κ2) is 6.41. The summed E-state index contributed by atoms with van der Waals surface area (Å²) < 4.78 is 2.23. The van der Waals surface area contributed by atoms with Crippen molar-refractivity contribution in [3.05, 3.63) is 87.0 Å². The summed E-state index contributed by atoms with van der Waals surface area (Å²) in [5.41, 5.74) is 7.60. The summed E-state index contributed by atoms with van der Waals surface area (Å²) in [4.78, 5) is 12.4. The van der Waals surface area contributed by atoms with Gasteiger partial charge >= 0.3 is 0 Å². The largest absolute Gasteiger partial charge is 0.357 e. The normalized spacial score (nSPS) is 34.5. The summed E-state index contributed by atoms with van der Waals surface area (Å²) in [5.74, 6) is 0.261. The number of fused-ring (bicyclic) bond motifs is 2. The van der Waals surface area contributed by atoms with Gasteiger partial charge in [-0.05, 0) is 36.3 Å². The lowest BCUT2D eigenvalue weighted by molar-refractivity contribution is -0.954. The van der Waals surface area contributed by atoms with E-state index in [0.717, 1.165) is 53.3 Å². The van der Waals surface area contributed by atoms with Gasteiger partial charge in [0, 0.05) is 45.8 Å². The van der Waals surface area contributed by atoms with Crippen molar-refractivity contribution in [1.82, 2.24) is 0 Å². The van der Waals surface area contributed by atoms with E-state index in [1.165, 1.54) is 28.1 Å². The van der Waals surface area contributed by atoms with E-state index in [9.17, 15) is 4.79 Å². The number of carbonyl (C=O) groups is 1. The van der Waals surface area contributed by atoms with E-state index in [2.05, 4.69) is 82.8 Å². The van der Waals surface area contributed by atoms with E-state index in [1.807, 2.05) is 0 Å². The Bertz CT molecular complexity index is 1120. The van der Waals surface area contributed by atoms with Crippen LogP contribution >= 0.6 is 15.9 Å². The Labute approximate surface area is 186 Å². The molecule has 3 nitrogen and oxygen atoms in total. The lowest BCUT2D eigenvalue weighted by Gasteiger charge is -2.53. The van der Waals surface area contributed by atoms with Crippen LogP contribution in [0.25, 0.3) is 0 Å². The minimum Gasteiger partial charge on any atom is -0.357 e. The van der Waals surface area contributed by atoms with Gasteiger partial charge in [0.1, 0.15) is 25.4 Å². The van der Waals surface area contributed by atoms with Crippen LogP contribution in [0, 0.1) is 5.92 Å². The molecule has 152 valence electrons. The Morgan fingerprint density at radius 3 is 2.77 bits per heavy atom. The molecule has 0 unspecified atom stereocenters. The van der Waals surface area contributed by atoms with Crippen LogP contribution < -0.4 is 5.32 Å². The summed E-state index contributed by atoms with van der Waals surface area (Å²) in [6, 6.07) is 18.1. The molecule has 1 N–H and O–H groups in total. The van der Waals surface area contributed by atoms with Gasteiger partial charge in [-0.15, -0.1) is 0 Å². The van der Waals surface area contributed by atoms with Crippen molar-refractivity contribution in [2.75, 3.05) is 18.4 Å². The maximum atomic E-state index is 12.4. The molecule has 1 aliphatic carbocycles. The van der Waals surface area contributed by atoms with Gasteiger partial charge in [-0.2, -0.15) is 0 Å². The molecular formula is C26H26BrN2O+. The first kappa shape index (κ1) is 18.6. The van der Waals surface area contributed by atoms with Crippen molar-refractivity contribution in [3.63, 3.8) is 0 Å². The SMILES string of the molecule is C/C=C1/C[N@+]2(Cc3ccc(Br)cc3)CC[C@]34C(=C(C=O)[C@H]1C[C@@H]32)Nc1ccccc14. The number of halogens is 1. The van der Waals surface area contributed by atoms with Gasteiger partial charge < -0.3 is 9.80 Å². The highest BCUT2D eigenvalue weighted by atomic mass is 79.9. The molecule has 2 aromatic rings. The predicted octanol–water partition coefficient (Wildman–Crippen LogP) is 5.33.